The molecule has 0 radical (unpaired) electrons. The monoisotopic (exact) mass is 337 g/mol. The van der Waals surface area contributed by atoms with Crippen molar-refractivity contribution in [3.8, 4) is 0 Å². The fourth-order valence-electron chi connectivity index (χ4n) is 3.47. The Morgan fingerprint density at radius 2 is 2.00 bits per heavy atom. The molecule has 0 saturated heterocycles. The molecule has 0 N–H and O–H groups in total. The zero-order valence-electron chi connectivity index (χ0n) is 14.3. The van der Waals surface area contributed by atoms with E-state index in [-0.39, 0.29) is 29.4 Å². The third-order valence-corrected chi connectivity index (χ3v) is 6.63. The number of hydrogen-bond donors (Lipinski definition) is 0. The number of carbonyl (C=O) groups is 1. The van der Waals surface area contributed by atoms with Crippen molar-refractivity contribution in [3.05, 3.63) is 35.4 Å². The molecule has 0 fully saturated rings. The maximum Gasteiger partial charge on any atom is 0.230 e. The average molecular weight is 337 g/mol. The van der Waals surface area contributed by atoms with Crippen LogP contribution < -0.4 is 0 Å². The highest BCUT2D eigenvalue weighted by atomic mass is 32.2. The number of rotatable bonds is 6. The number of carbonyl (C=O) groups excluding carboxylic acids is 1. The van der Waals surface area contributed by atoms with Gasteiger partial charge in [-0.05, 0) is 44.2 Å². The van der Waals surface area contributed by atoms with Gasteiger partial charge in [0.2, 0.25) is 5.91 Å². The summed E-state index contributed by atoms with van der Waals surface area (Å²) in [6, 6.07) is 7.84. The number of aryl methyl sites for hydroxylation is 1. The van der Waals surface area contributed by atoms with Crippen LogP contribution in [0.1, 0.15) is 50.7 Å². The van der Waals surface area contributed by atoms with Gasteiger partial charge < -0.3 is 4.90 Å². The standard InChI is InChI=1S/C18H27NO3S/c1-4-19(14(3)13-23(21,22)5-2)18(20)17-12-8-10-15-9-6-7-11-16(15)17/h6-7,9,11,14,17H,4-5,8,10,12-13H2,1-3H3/t14-,17+/m0/s1. The predicted octanol–water partition coefficient (Wildman–Crippen LogP) is 2.78. The Morgan fingerprint density at radius 3 is 2.65 bits per heavy atom. The molecule has 0 saturated carbocycles. The van der Waals surface area contributed by atoms with Crippen molar-refractivity contribution in [2.24, 2.45) is 0 Å². The molecule has 23 heavy (non-hydrogen) atoms. The van der Waals surface area contributed by atoms with Crippen molar-refractivity contribution in [2.45, 2.75) is 52.0 Å². The lowest BCUT2D eigenvalue weighted by Gasteiger charge is -2.34. The van der Waals surface area contributed by atoms with Gasteiger partial charge in [-0.25, -0.2) is 8.42 Å². The molecule has 4 nitrogen and oxygen atoms in total. The van der Waals surface area contributed by atoms with E-state index in [1.807, 2.05) is 32.0 Å². The van der Waals surface area contributed by atoms with Gasteiger partial charge in [0.1, 0.15) is 0 Å². The zero-order chi connectivity index (χ0) is 17.0. The first kappa shape index (κ1) is 18.0. The predicted molar refractivity (Wildman–Crippen MR) is 93.3 cm³/mol. The Balaban J connectivity index is 2.21. The lowest BCUT2D eigenvalue weighted by Crippen LogP contribution is -2.45. The van der Waals surface area contributed by atoms with Gasteiger partial charge in [-0.3, -0.25) is 4.79 Å². The topological polar surface area (TPSA) is 54.5 Å². The van der Waals surface area contributed by atoms with Gasteiger partial charge in [-0.1, -0.05) is 31.2 Å². The van der Waals surface area contributed by atoms with Gasteiger partial charge in [0, 0.05) is 18.3 Å². The van der Waals surface area contributed by atoms with Gasteiger partial charge in [0.25, 0.3) is 0 Å². The van der Waals surface area contributed by atoms with E-state index < -0.39 is 9.84 Å². The summed E-state index contributed by atoms with van der Waals surface area (Å²) in [5.74, 6) is 0.0948. The summed E-state index contributed by atoms with van der Waals surface area (Å²) >= 11 is 0. The van der Waals surface area contributed by atoms with E-state index in [2.05, 4.69) is 6.07 Å². The fourth-order valence-corrected chi connectivity index (χ4v) is 4.62. The van der Waals surface area contributed by atoms with Crippen molar-refractivity contribution >= 4 is 15.7 Å². The lowest BCUT2D eigenvalue weighted by atomic mass is 9.82. The van der Waals surface area contributed by atoms with Crippen LogP contribution in [-0.2, 0) is 21.1 Å². The van der Waals surface area contributed by atoms with E-state index in [9.17, 15) is 13.2 Å². The lowest BCUT2D eigenvalue weighted by molar-refractivity contribution is -0.134. The number of hydrogen-bond acceptors (Lipinski definition) is 3. The highest BCUT2D eigenvalue weighted by Crippen LogP contribution is 2.33. The Kier molecular flexibility index (Phi) is 5.84. The van der Waals surface area contributed by atoms with Crippen molar-refractivity contribution < 1.29 is 13.2 Å². The molecular formula is C18H27NO3S. The highest BCUT2D eigenvalue weighted by Gasteiger charge is 2.32. The minimum atomic E-state index is -3.09. The molecule has 0 aromatic heterocycles. The second-order valence-corrected chi connectivity index (χ2v) is 8.71. The summed E-state index contributed by atoms with van der Waals surface area (Å²) in [5, 5.41) is 0. The molecule has 1 aromatic carbocycles. The molecule has 1 amide bonds. The zero-order valence-corrected chi connectivity index (χ0v) is 15.1. The number of amides is 1. The third-order valence-electron chi connectivity index (χ3n) is 4.76. The van der Waals surface area contributed by atoms with Crippen molar-refractivity contribution in [1.29, 1.82) is 0 Å². The van der Waals surface area contributed by atoms with Crippen LogP contribution in [0.5, 0.6) is 0 Å². The van der Waals surface area contributed by atoms with E-state index in [0.717, 1.165) is 24.8 Å². The summed E-state index contributed by atoms with van der Waals surface area (Å²) in [4.78, 5) is 14.8. The highest BCUT2D eigenvalue weighted by molar-refractivity contribution is 7.91. The van der Waals surface area contributed by atoms with Crippen molar-refractivity contribution in [1.82, 2.24) is 4.90 Å². The first-order chi connectivity index (χ1) is 10.9. The molecule has 0 spiro atoms. The second kappa shape index (κ2) is 7.47. The number of sulfone groups is 1. The third kappa shape index (κ3) is 4.14. The van der Waals surface area contributed by atoms with Crippen LogP contribution in [0, 0.1) is 0 Å². The molecular weight excluding hydrogens is 310 g/mol. The maximum atomic E-state index is 13.0. The van der Waals surface area contributed by atoms with Crippen LogP contribution in [0.3, 0.4) is 0 Å². The van der Waals surface area contributed by atoms with Gasteiger partial charge >= 0.3 is 0 Å². The van der Waals surface area contributed by atoms with Crippen molar-refractivity contribution in [3.63, 3.8) is 0 Å². The van der Waals surface area contributed by atoms with Gasteiger partial charge in [0.05, 0.1) is 11.7 Å². The van der Waals surface area contributed by atoms with E-state index in [0.29, 0.717) is 6.54 Å². The van der Waals surface area contributed by atoms with E-state index in [4.69, 9.17) is 0 Å². The first-order valence-electron chi connectivity index (χ1n) is 8.48. The molecule has 128 valence electrons. The summed E-state index contributed by atoms with van der Waals surface area (Å²) in [5.41, 5.74) is 2.37. The van der Waals surface area contributed by atoms with Crippen LogP contribution in [0.15, 0.2) is 24.3 Å². The normalized spacial score (nSPS) is 19.0. The maximum absolute atomic E-state index is 13.0. The minimum absolute atomic E-state index is 0.0391. The molecule has 1 aromatic rings. The SMILES string of the molecule is CCN(C(=O)[C@@H]1CCCc2ccccc21)[C@@H](C)CS(=O)(=O)CC. The summed E-state index contributed by atoms with van der Waals surface area (Å²) in [6.07, 6.45) is 2.87. The van der Waals surface area contributed by atoms with Crippen LogP contribution in [0.2, 0.25) is 0 Å². The van der Waals surface area contributed by atoms with Gasteiger partial charge in [-0.15, -0.1) is 0 Å². The van der Waals surface area contributed by atoms with E-state index >= 15 is 0 Å². The molecule has 2 atom stereocenters. The summed E-state index contributed by atoms with van der Waals surface area (Å²) in [6.45, 7) is 5.94. The molecule has 0 aliphatic heterocycles. The van der Waals surface area contributed by atoms with Crippen LogP contribution >= 0.6 is 0 Å². The van der Waals surface area contributed by atoms with Crippen LogP contribution in [-0.4, -0.2) is 43.3 Å². The molecule has 1 aliphatic carbocycles. The second-order valence-electron chi connectivity index (χ2n) is 6.32. The fraction of sp³-hybridized carbons (Fsp3) is 0.611. The summed E-state index contributed by atoms with van der Waals surface area (Å²) in [7, 11) is -3.09. The summed E-state index contributed by atoms with van der Waals surface area (Å²) < 4.78 is 23.8. The van der Waals surface area contributed by atoms with E-state index in [1.165, 1.54) is 5.56 Å². The smallest absolute Gasteiger partial charge is 0.230 e. The quantitative estimate of drug-likeness (QED) is 0.802. The molecule has 0 bridgehead atoms. The van der Waals surface area contributed by atoms with Gasteiger partial charge in [-0.2, -0.15) is 0 Å². The number of nitrogens with zero attached hydrogens (tertiary/aromatic N) is 1. The molecule has 1 aliphatic rings. The first-order valence-corrected chi connectivity index (χ1v) is 10.3. The number of likely N-dealkylation sites (N-methyl/N-ethyl adjacent to an activating group) is 1. The van der Waals surface area contributed by atoms with E-state index in [1.54, 1.807) is 11.8 Å². The Labute approximate surface area is 139 Å². The largest absolute Gasteiger partial charge is 0.339 e. The van der Waals surface area contributed by atoms with Crippen LogP contribution in [0.25, 0.3) is 0 Å². The Bertz CT molecular complexity index is 654. The average Bonchev–Trinajstić information content (AvgIpc) is 2.54. The number of fused-ring (bicyclic) bond motifs is 1. The van der Waals surface area contributed by atoms with Crippen LogP contribution in [0.4, 0.5) is 0 Å². The molecule has 0 unspecified atom stereocenters. The molecule has 2 rings (SSSR count). The van der Waals surface area contributed by atoms with Gasteiger partial charge in [0.15, 0.2) is 9.84 Å². The Hall–Kier alpha value is -1.36. The minimum Gasteiger partial charge on any atom is -0.339 e. The molecule has 5 heteroatoms. The molecule has 0 heterocycles. The Morgan fingerprint density at radius 1 is 1.30 bits per heavy atom. The number of benzene rings is 1. The van der Waals surface area contributed by atoms with Crippen molar-refractivity contribution in [2.75, 3.05) is 18.1 Å².